The van der Waals surface area contributed by atoms with Crippen molar-refractivity contribution in [1.29, 1.82) is 0 Å². The minimum absolute atomic E-state index is 0.232. The molecule has 19 heavy (non-hydrogen) atoms. The Bertz CT molecular complexity index is 514. The van der Waals surface area contributed by atoms with Crippen LogP contribution in [0.3, 0.4) is 0 Å². The van der Waals surface area contributed by atoms with E-state index < -0.39 is 27.6 Å². The average Bonchev–Trinajstić information content (AvgIpc) is 2.25. The Morgan fingerprint density at radius 2 is 1.84 bits per heavy atom. The van der Waals surface area contributed by atoms with E-state index in [0.717, 1.165) is 5.56 Å². The molecule has 0 aromatic heterocycles. The van der Waals surface area contributed by atoms with Crippen molar-refractivity contribution in [2.75, 3.05) is 12.3 Å². The number of halogens is 2. The molecule has 0 amide bonds. The van der Waals surface area contributed by atoms with E-state index in [1.165, 1.54) is 12.1 Å². The van der Waals surface area contributed by atoms with E-state index in [0.29, 0.717) is 0 Å². The second kappa shape index (κ2) is 5.94. The highest BCUT2D eigenvalue weighted by atomic mass is 32.2. The van der Waals surface area contributed by atoms with Gasteiger partial charge in [-0.05, 0) is 31.5 Å². The summed E-state index contributed by atoms with van der Waals surface area (Å²) in [5, 5.41) is 2.84. The topological polar surface area (TPSA) is 66.4 Å². The van der Waals surface area contributed by atoms with Crippen molar-refractivity contribution in [2.24, 2.45) is 0 Å². The molecule has 1 aromatic rings. The van der Waals surface area contributed by atoms with Crippen molar-refractivity contribution in [1.82, 2.24) is 5.32 Å². The molecule has 0 saturated carbocycles. The predicted octanol–water partition coefficient (Wildman–Crippen LogP) is 1.88. The van der Waals surface area contributed by atoms with E-state index >= 15 is 0 Å². The van der Waals surface area contributed by atoms with Gasteiger partial charge in [-0.2, -0.15) is 8.42 Å². The van der Waals surface area contributed by atoms with Crippen LogP contribution in [0.1, 0.15) is 19.4 Å². The molecule has 0 bridgehead atoms. The van der Waals surface area contributed by atoms with E-state index in [9.17, 15) is 17.2 Å². The standard InChI is InChI=1S/C12H17F2NO3S/c1-12(2,9-3-5-10(13)6-4-9)15-7-11(14)8-19(16,17)18/h3-6,11,15H,7-8H2,1-2H3,(H,16,17,18)/t11-/m0/s1. The maximum atomic E-state index is 13.3. The summed E-state index contributed by atoms with van der Waals surface area (Å²) in [6.07, 6.45) is -1.71. The van der Waals surface area contributed by atoms with Crippen LogP contribution in [-0.2, 0) is 15.7 Å². The van der Waals surface area contributed by atoms with Crippen molar-refractivity contribution in [3.63, 3.8) is 0 Å². The van der Waals surface area contributed by atoms with Crippen LogP contribution < -0.4 is 5.32 Å². The Balaban J connectivity index is 2.62. The van der Waals surface area contributed by atoms with Gasteiger partial charge in [0.25, 0.3) is 10.1 Å². The van der Waals surface area contributed by atoms with E-state index in [-0.39, 0.29) is 12.4 Å². The third-order valence-electron chi connectivity index (χ3n) is 2.72. The molecule has 0 unspecified atom stereocenters. The smallest absolute Gasteiger partial charge is 0.267 e. The molecule has 0 spiro atoms. The van der Waals surface area contributed by atoms with Gasteiger partial charge in [-0.3, -0.25) is 4.55 Å². The molecule has 0 heterocycles. The summed E-state index contributed by atoms with van der Waals surface area (Å²) in [6, 6.07) is 5.73. The van der Waals surface area contributed by atoms with Crippen LogP contribution in [-0.4, -0.2) is 31.4 Å². The van der Waals surface area contributed by atoms with Crippen LogP contribution in [0.4, 0.5) is 8.78 Å². The van der Waals surface area contributed by atoms with Crippen molar-refractivity contribution < 1.29 is 21.8 Å². The van der Waals surface area contributed by atoms with Gasteiger partial charge in [0.15, 0.2) is 0 Å². The molecular weight excluding hydrogens is 276 g/mol. The van der Waals surface area contributed by atoms with Crippen LogP contribution in [0, 0.1) is 5.82 Å². The molecule has 0 aliphatic rings. The summed E-state index contributed by atoms with van der Waals surface area (Å²) in [5.74, 6) is -1.31. The first-order valence-corrected chi connectivity index (χ1v) is 7.31. The van der Waals surface area contributed by atoms with Gasteiger partial charge in [0, 0.05) is 12.1 Å². The minimum atomic E-state index is -4.33. The van der Waals surface area contributed by atoms with Gasteiger partial charge in [-0.25, -0.2) is 8.78 Å². The SMILES string of the molecule is CC(C)(NC[C@H](F)CS(=O)(=O)O)c1ccc(F)cc1. The molecule has 1 atom stereocenters. The Morgan fingerprint density at radius 3 is 2.32 bits per heavy atom. The summed E-state index contributed by atoms with van der Waals surface area (Å²) in [4.78, 5) is 0. The number of benzene rings is 1. The number of hydrogen-bond acceptors (Lipinski definition) is 3. The maximum Gasteiger partial charge on any atom is 0.267 e. The quantitative estimate of drug-likeness (QED) is 0.786. The first-order valence-electron chi connectivity index (χ1n) is 5.70. The van der Waals surface area contributed by atoms with E-state index in [2.05, 4.69) is 5.32 Å². The molecular formula is C12H17F2NO3S. The largest absolute Gasteiger partial charge is 0.305 e. The molecule has 0 fully saturated rings. The van der Waals surface area contributed by atoms with Gasteiger partial charge < -0.3 is 5.32 Å². The normalized spacial score (nSPS) is 14.4. The first kappa shape index (κ1) is 16.0. The van der Waals surface area contributed by atoms with Gasteiger partial charge >= 0.3 is 0 Å². The van der Waals surface area contributed by atoms with Gasteiger partial charge in [0.1, 0.15) is 17.7 Å². The van der Waals surface area contributed by atoms with Gasteiger partial charge in [0.2, 0.25) is 0 Å². The average molecular weight is 293 g/mol. The van der Waals surface area contributed by atoms with Gasteiger partial charge in [0.05, 0.1) is 0 Å². The molecule has 108 valence electrons. The molecule has 0 saturated heterocycles. The molecule has 0 aliphatic carbocycles. The highest BCUT2D eigenvalue weighted by Crippen LogP contribution is 2.20. The van der Waals surface area contributed by atoms with E-state index in [4.69, 9.17) is 4.55 Å². The lowest BCUT2D eigenvalue weighted by Crippen LogP contribution is -2.41. The van der Waals surface area contributed by atoms with Crippen molar-refractivity contribution >= 4 is 10.1 Å². The number of alkyl halides is 1. The van der Waals surface area contributed by atoms with Gasteiger partial charge in [-0.15, -0.1) is 0 Å². The van der Waals surface area contributed by atoms with Crippen LogP contribution in [0.2, 0.25) is 0 Å². The first-order chi connectivity index (χ1) is 8.60. The Hall–Kier alpha value is -1.05. The highest BCUT2D eigenvalue weighted by Gasteiger charge is 2.23. The highest BCUT2D eigenvalue weighted by molar-refractivity contribution is 7.85. The van der Waals surface area contributed by atoms with Crippen LogP contribution in [0.5, 0.6) is 0 Å². The van der Waals surface area contributed by atoms with Crippen molar-refractivity contribution in [3.8, 4) is 0 Å². The molecule has 1 rings (SSSR count). The third kappa shape index (κ3) is 5.63. The van der Waals surface area contributed by atoms with Crippen molar-refractivity contribution in [3.05, 3.63) is 35.6 Å². The summed E-state index contributed by atoms with van der Waals surface area (Å²) in [7, 11) is -4.33. The fourth-order valence-electron chi connectivity index (χ4n) is 1.62. The fraction of sp³-hybridized carbons (Fsp3) is 0.500. The fourth-order valence-corrected chi connectivity index (χ4v) is 2.20. The van der Waals surface area contributed by atoms with E-state index in [1.54, 1.807) is 26.0 Å². The lowest BCUT2D eigenvalue weighted by atomic mass is 9.94. The van der Waals surface area contributed by atoms with Crippen LogP contribution in [0.15, 0.2) is 24.3 Å². The number of rotatable bonds is 6. The second-order valence-electron chi connectivity index (χ2n) is 4.86. The molecule has 0 aliphatic heterocycles. The zero-order chi connectivity index (χ0) is 14.7. The van der Waals surface area contributed by atoms with Crippen LogP contribution in [0.25, 0.3) is 0 Å². The molecule has 2 N–H and O–H groups in total. The number of nitrogens with one attached hydrogen (secondary N) is 1. The number of hydrogen-bond donors (Lipinski definition) is 2. The lowest BCUT2D eigenvalue weighted by Gasteiger charge is -2.27. The summed E-state index contributed by atoms with van der Waals surface area (Å²) >= 11 is 0. The van der Waals surface area contributed by atoms with Crippen molar-refractivity contribution in [2.45, 2.75) is 25.6 Å². The Kier molecular flexibility index (Phi) is 5.00. The zero-order valence-electron chi connectivity index (χ0n) is 10.7. The Morgan fingerprint density at radius 1 is 1.32 bits per heavy atom. The third-order valence-corrected chi connectivity index (χ3v) is 3.51. The predicted molar refractivity (Wildman–Crippen MR) is 68.7 cm³/mol. The monoisotopic (exact) mass is 293 g/mol. The van der Waals surface area contributed by atoms with Gasteiger partial charge in [-0.1, -0.05) is 12.1 Å². The van der Waals surface area contributed by atoms with Crippen LogP contribution >= 0.6 is 0 Å². The summed E-state index contributed by atoms with van der Waals surface area (Å²) in [6.45, 7) is 3.30. The molecule has 1 aromatic carbocycles. The molecule has 4 nitrogen and oxygen atoms in total. The summed E-state index contributed by atoms with van der Waals surface area (Å²) in [5.41, 5.74) is 0.102. The Labute approximate surface area is 111 Å². The lowest BCUT2D eigenvalue weighted by molar-refractivity contribution is 0.293. The molecule has 0 radical (unpaired) electrons. The summed E-state index contributed by atoms with van der Waals surface area (Å²) < 4.78 is 55.7. The minimum Gasteiger partial charge on any atom is -0.305 e. The maximum absolute atomic E-state index is 13.3. The van der Waals surface area contributed by atoms with E-state index in [1.807, 2.05) is 0 Å². The zero-order valence-corrected chi connectivity index (χ0v) is 11.5. The molecule has 7 heteroatoms. The second-order valence-corrected chi connectivity index (χ2v) is 6.36.